The number of thioether (sulfide) groups is 1. The number of benzene rings is 2. The van der Waals surface area contributed by atoms with Crippen LogP contribution in [0.2, 0.25) is 10.0 Å². The summed E-state index contributed by atoms with van der Waals surface area (Å²) in [5, 5.41) is 1.08. The molecule has 2 atom stereocenters. The van der Waals surface area contributed by atoms with Gasteiger partial charge in [-0.1, -0.05) is 29.3 Å². The van der Waals surface area contributed by atoms with E-state index >= 15 is 0 Å². The predicted molar refractivity (Wildman–Crippen MR) is 113 cm³/mol. The van der Waals surface area contributed by atoms with E-state index in [0.717, 1.165) is 21.9 Å². The second-order valence-electron chi connectivity index (χ2n) is 6.54. The van der Waals surface area contributed by atoms with Gasteiger partial charge in [0.25, 0.3) is 0 Å². The summed E-state index contributed by atoms with van der Waals surface area (Å²) in [6.07, 6.45) is 5.24. The van der Waals surface area contributed by atoms with E-state index in [0.29, 0.717) is 23.2 Å². The molecule has 5 nitrogen and oxygen atoms in total. The number of nitrogens with zero attached hydrogens (tertiary/aromatic N) is 2. The van der Waals surface area contributed by atoms with Gasteiger partial charge in [-0.05, 0) is 36.4 Å². The van der Waals surface area contributed by atoms with Crippen LogP contribution in [0.25, 0.3) is 0 Å². The van der Waals surface area contributed by atoms with Crippen molar-refractivity contribution in [2.75, 3.05) is 18.1 Å². The maximum absolute atomic E-state index is 6.49. The highest BCUT2D eigenvalue weighted by Gasteiger charge is 2.45. The number of hydrogen-bond acceptors (Lipinski definition) is 5. The smallest absolute Gasteiger partial charge is 0.215 e. The van der Waals surface area contributed by atoms with Crippen molar-refractivity contribution in [3.05, 3.63) is 76.8 Å². The fourth-order valence-electron chi connectivity index (χ4n) is 3.13. The van der Waals surface area contributed by atoms with Crippen molar-refractivity contribution in [2.45, 2.75) is 23.3 Å². The van der Waals surface area contributed by atoms with E-state index in [1.54, 1.807) is 36.4 Å². The molecule has 0 bridgehead atoms. The second-order valence-corrected chi connectivity index (χ2v) is 8.48. The lowest BCUT2D eigenvalue weighted by atomic mass is 10.1. The molecule has 0 spiro atoms. The summed E-state index contributed by atoms with van der Waals surface area (Å²) in [6, 6.07) is 13.2. The highest BCUT2D eigenvalue weighted by Crippen LogP contribution is 2.41. The van der Waals surface area contributed by atoms with Crippen molar-refractivity contribution >= 4 is 40.7 Å². The standard InChI is InChI=1S/C20H19Cl2N3O2S/c21-14-1-6-18(19(22)9-14)20(12-25-8-7-24-13-25)26-10-16(27-20)11-28-17-4-2-15(23)3-5-17/h1-9,13,16H,10-12,23H2. The van der Waals surface area contributed by atoms with Crippen LogP contribution in [0.4, 0.5) is 5.69 Å². The van der Waals surface area contributed by atoms with Crippen LogP contribution >= 0.6 is 35.0 Å². The molecule has 0 saturated carbocycles. The maximum atomic E-state index is 6.49. The number of anilines is 1. The van der Waals surface area contributed by atoms with E-state index in [-0.39, 0.29) is 6.10 Å². The Morgan fingerprint density at radius 1 is 1.21 bits per heavy atom. The first kappa shape index (κ1) is 19.6. The van der Waals surface area contributed by atoms with E-state index in [2.05, 4.69) is 4.98 Å². The number of ether oxygens (including phenoxy) is 2. The van der Waals surface area contributed by atoms with Gasteiger partial charge in [-0.2, -0.15) is 0 Å². The van der Waals surface area contributed by atoms with Crippen LogP contribution in [0.3, 0.4) is 0 Å². The summed E-state index contributed by atoms with van der Waals surface area (Å²) < 4.78 is 14.6. The Labute approximate surface area is 177 Å². The fourth-order valence-corrected chi connectivity index (χ4v) is 4.55. The molecule has 2 aromatic carbocycles. The lowest BCUT2D eigenvalue weighted by molar-refractivity contribution is -0.184. The Morgan fingerprint density at radius 2 is 2.04 bits per heavy atom. The molecule has 2 heterocycles. The van der Waals surface area contributed by atoms with Crippen molar-refractivity contribution in [1.29, 1.82) is 0 Å². The van der Waals surface area contributed by atoms with Gasteiger partial charge in [0.15, 0.2) is 0 Å². The first-order chi connectivity index (χ1) is 13.5. The van der Waals surface area contributed by atoms with Crippen LogP contribution in [0.15, 0.2) is 66.1 Å². The third kappa shape index (κ3) is 4.31. The molecule has 2 unspecified atom stereocenters. The molecule has 1 aromatic heterocycles. The number of nitrogens with two attached hydrogens (primary N) is 1. The minimum Gasteiger partial charge on any atom is -0.399 e. The summed E-state index contributed by atoms with van der Waals surface area (Å²) in [5.41, 5.74) is 7.26. The van der Waals surface area contributed by atoms with Crippen LogP contribution in [0.5, 0.6) is 0 Å². The third-order valence-corrected chi connectivity index (χ3v) is 6.16. The number of hydrogen-bond donors (Lipinski definition) is 1. The zero-order valence-corrected chi connectivity index (χ0v) is 17.3. The van der Waals surface area contributed by atoms with Crippen LogP contribution < -0.4 is 5.73 Å². The first-order valence-electron chi connectivity index (χ1n) is 8.75. The van der Waals surface area contributed by atoms with E-state index in [9.17, 15) is 0 Å². The average Bonchev–Trinajstić information content (AvgIpc) is 3.32. The molecule has 28 heavy (non-hydrogen) atoms. The van der Waals surface area contributed by atoms with Crippen molar-refractivity contribution in [1.82, 2.24) is 9.55 Å². The number of aromatic nitrogens is 2. The minimum absolute atomic E-state index is 0.0854. The zero-order valence-electron chi connectivity index (χ0n) is 14.9. The Kier molecular flexibility index (Phi) is 5.85. The van der Waals surface area contributed by atoms with Gasteiger partial charge in [0.1, 0.15) is 0 Å². The quantitative estimate of drug-likeness (QED) is 0.443. The largest absolute Gasteiger partial charge is 0.399 e. The summed E-state index contributed by atoms with van der Waals surface area (Å²) in [5.74, 6) is -0.241. The minimum atomic E-state index is -0.991. The summed E-state index contributed by atoms with van der Waals surface area (Å²) >= 11 is 14.3. The molecule has 4 rings (SSSR count). The lowest BCUT2D eigenvalue weighted by Gasteiger charge is -2.30. The predicted octanol–water partition coefficient (Wildman–Crippen LogP) is 4.83. The van der Waals surface area contributed by atoms with Crippen LogP contribution in [-0.4, -0.2) is 28.0 Å². The first-order valence-corrected chi connectivity index (χ1v) is 10.5. The highest BCUT2D eigenvalue weighted by atomic mass is 35.5. The summed E-state index contributed by atoms with van der Waals surface area (Å²) in [7, 11) is 0. The molecule has 1 aliphatic rings. The molecule has 0 radical (unpaired) electrons. The van der Waals surface area contributed by atoms with E-state index in [1.807, 2.05) is 41.1 Å². The summed E-state index contributed by atoms with van der Waals surface area (Å²) in [4.78, 5) is 5.24. The normalized spacial score (nSPS) is 21.9. The maximum Gasteiger partial charge on any atom is 0.215 e. The van der Waals surface area contributed by atoms with Gasteiger partial charge in [-0.15, -0.1) is 11.8 Å². The molecule has 0 aliphatic carbocycles. The van der Waals surface area contributed by atoms with Gasteiger partial charge in [0.05, 0.1) is 30.6 Å². The number of rotatable bonds is 6. The number of nitrogen functional groups attached to an aromatic ring is 1. The topological polar surface area (TPSA) is 62.3 Å². The Balaban J connectivity index is 1.54. The zero-order chi connectivity index (χ0) is 19.6. The molecule has 2 N–H and O–H groups in total. The number of imidazole rings is 1. The molecule has 3 aromatic rings. The molecule has 1 saturated heterocycles. The fraction of sp³-hybridized carbons (Fsp3) is 0.250. The Bertz CT molecular complexity index is 937. The van der Waals surface area contributed by atoms with Crippen LogP contribution in [-0.2, 0) is 21.8 Å². The van der Waals surface area contributed by atoms with Gasteiger partial charge < -0.3 is 19.8 Å². The van der Waals surface area contributed by atoms with Crippen molar-refractivity contribution in [3.63, 3.8) is 0 Å². The Morgan fingerprint density at radius 3 is 2.75 bits per heavy atom. The number of halogens is 2. The van der Waals surface area contributed by atoms with E-state index < -0.39 is 5.79 Å². The van der Waals surface area contributed by atoms with Gasteiger partial charge in [0, 0.05) is 39.3 Å². The van der Waals surface area contributed by atoms with Gasteiger partial charge in [-0.25, -0.2) is 4.98 Å². The van der Waals surface area contributed by atoms with E-state index in [4.69, 9.17) is 38.4 Å². The molecular formula is C20H19Cl2N3O2S. The molecule has 146 valence electrons. The van der Waals surface area contributed by atoms with Gasteiger partial charge in [-0.3, -0.25) is 0 Å². The van der Waals surface area contributed by atoms with Gasteiger partial charge in [0.2, 0.25) is 5.79 Å². The molecular weight excluding hydrogens is 417 g/mol. The molecule has 8 heteroatoms. The monoisotopic (exact) mass is 435 g/mol. The molecule has 0 amide bonds. The Hall–Kier alpha value is -1.70. The second kappa shape index (κ2) is 8.35. The van der Waals surface area contributed by atoms with Crippen LogP contribution in [0.1, 0.15) is 5.56 Å². The SMILES string of the molecule is Nc1ccc(SCC2COC(Cn3ccnc3)(c3ccc(Cl)cc3Cl)O2)cc1. The van der Waals surface area contributed by atoms with Crippen molar-refractivity contribution in [3.8, 4) is 0 Å². The van der Waals surface area contributed by atoms with Crippen molar-refractivity contribution < 1.29 is 9.47 Å². The summed E-state index contributed by atoms with van der Waals surface area (Å²) in [6.45, 7) is 0.910. The molecule has 1 aliphatic heterocycles. The third-order valence-electron chi connectivity index (χ3n) is 4.47. The van der Waals surface area contributed by atoms with Crippen LogP contribution in [0, 0.1) is 0 Å². The highest BCUT2D eigenvalue weighted by molar-refractivity contribution is 7.99. The van der Waals surface area contributed by atoms with E-state index in [1.165, 1.54) is 0 Å². The lowest BCUT2D eigenvalue weighted by Crippen LogP contribution is -2.34. The average molecular weight is 436 g/mol. The van der Waals surface area contributed by atoms with Gasteiger partial charge >= 0.3 is 0 Å². The van der Waals surface area contributed by atoms with Crippen molar-refractivity contribution in [2.24, 2.45) is 0 Å². The molecule has 1 fully saturated rings.